The highest BCUT2D eigenvalue weighted by Gasteiger charge is 2.27. The van der Waals surface area contributed by atoms with Crippen molar-refractivity contribution in [1.82, 2.24) is 0 Å². The summed E-state index contributed by atoms with van der Waals surface area (Å²) in [5.41, 5.74) is 5.34. The van der Waals surface area contributed by atoms with Gasteiger partial charge in [0.05, 0.1) is 17.2 Å². The molecule has 0 aliphatic carbocycles. The lowest BCUT2D eigenvalue weighted by Gasteiger charge is -2.25. The van der Waals surface area contributed by atoms with E-state index in [-0.39, 0.29) is 16.5 Å². The van der Waals surface area contributed by atoms with Crippen LogP contribution >= 0.6 is 11.6 Å². The second-order valence-corrected chi connectivity index (χ2v) is 4.57. The maximum absolute atomic E-state index is 13.7. The summed E-state index contributed by atoms with van der Waals surface area (Å²) in [7, 11) is 0. The van der Waals surface area contributed by atoms with Crippen molar-refractivity contribution in [2.24, 2.45) is 11.7 Å². The highest BCUT2D eigenvalue weighted by atomic mass is 35.5. The number of hydrogen-bond acceptors (Lipinski definition) is 2. The van der Waals surface area contributed by atoms with E-state index in [0.29, 0.717) is 6.42 Å². The third kappa shape index (κ3) is 2.94. The molecule has 17 heavy (non-hydrogen) atoms. The lowest BCUT2D eigenvalue weighted by atomic mass is 9.91. The van der Waals surface area contributed by atoms with E-state index in [1.807, 2.05) is 6.92 Å². The van der Waals surface area contributed by atoms with Gasteiger partial charge in [0.25, 0.3) is 0 Å². The van der Waals surface area contributed by atoms with Crippen molar-refractivity contribution in [3.05, 3.63) is 34.4 Å². The number of hydrogen-bond donors (Lipinski definition) is 2. The molecule has 0 spiro atoms. The third-order valence-electron chi connectivity index (χ3n) is 3.01. The Kier molecular flexibility index (Phi) is 4.86. The molecule has 5 heteroatoms. The van der Waals surface area contributed by atoms with Crippen molar-refractivity contribution in [2.45, 2.75) is 32.4 Å². The molecule has 1 aromatic rings. The van der Waals surface area contributed by atoms with Gasteiger partial charge in [-0.2, -0.15) is 0 Å². The van der Waals surface area contributed by atoms with Gasteiger partial charge in [0.1, 0.15) is 11.6 Å². The molecular weight excluding hydrogens is 248 g/mol. The Hall–Kier alpha value is -0.710. The average Bonchev–Trinajstić information content (AvgIpc) is 2.32. The molecule has 3 N–H and O–H groups in total. The second kappa shape index (κ2) is 5.76. The van der Waals surface area contributed by atoms with Gasteiger partial charge in [-0.15, -0.1) is 0 Å². The topological polar surface area (TPSA) is 46.2 Å². The number of nitrogens with two attached hydrogens (primary N) is 1. The van der Waals surface area contributed by atoms with Gasteiger partial charge in [0, 0.05) is 5.56 Å². The van der Waals surface area contributed by atoms with E-state index in [2.05, 4.69) is 0 Å². The Morgan fingerprint density at radius 3 is 2.53 bits per heavy atom. The Morgan fingerprint density at radius 1 is 1.41 bits per heavy atom. The van der Waals surface area contributed by atoms with E-state index in [0.717, 1.165) is 12.1 Å². The molecule has 0 heterocycles. The van der Waals surface area contributed by atoms with Gasteiger partial charge in [-0.1, -0.05) is 31.9 Å². The SMILES string of the molecule is CCC(C)[C@H](O)[C@H](N)c1c(F)ccc(Cl)c1F. The summed E-state index contributed by atoms with van der Waals surface area (Å²) in [4.78, 5) is 0. The summed E-state index contributed by atoms with van der Waals surface area (Å²) in [5.74, 6) is -1.84. The summed E-state index contributed by atoms with van der Waals surface area (Å²) in [6, 6.07) is 1.05. The fourth-order valence-corrected chi connectivity index (χ4v) is 1.78. The van der Waals surface area contributed by atoms with Gasteiger partial charge in [-0.05, 0) is 18.1 Å². The van der Waals surface area contributed by atoms with Crippen LogP contribution in [-0.2, 0) is 0 Å². The summed E-state index contributed by atoms with van der Waals surface area (Å²) < 4.78 is 27.2. The predicted octanol–water partition coefficient (Wildman–Crippen LogP) is 3.03. The summed E-state index contributed by atoms with van der Waals surface area (Å²) in [5, 5.41) is 9.68. The number of aliphatic hydroxyl groups excluding tert-OH is 1. The fourth-order valence-electron chi connectivity index (χ4n) is 1.61. The molecule has 0 aliphatic heterocycles. The maximum Gasteiger partial charge on any atom is 0.149 e. The van der Waals surface area contributed by atoms with E-state index in [4.69, 9.17) is 17.3 Å². The van der Waals surface area contributed by atoms with Gasteiger partial charge in [-0.25, -0.2) is 8.78 Å². The lowest BCUT2D eigenvalue weighted by Crippen LogP contribution is -2.33. The van der Waals surface area contributed by atoms with Crippen LogP contribution < -0.4 is 5.73 Å². The smallest absolute Gasteiger partial charge is 0.149 e. The fraction of sp³-hybridized carbons (Fsp3) is 0.500. The van der Waals surface area contributed by atoms with Gasteiger partial charge in [-0.3, -0.25) is 0 Å². The van der Waals surface area contributed by atoms with Crippen molar-refractivity contribution in [1.29, 1.82) is 0 Å². The van der Waals surface area contributed by atoms with Gasteiger partial charge >= 0.3 is 0 Å². The number of rotatable bonds is 4. The van der Waals surface area contributed by atoms with E-state index >= 15 is 0 Å². The second-order valence-electron chi connectivity index (χ2n) is 4.16. The molecule has 1 rings (SSSR count). The molecule has 0 aromatic heterocycles. The molecule has 0 saturated heterocycles. The molecule has 96 valence electrons. The molecule has 0 radical (unpaired) electrons. The van der Waals surface area contributed by atoms with Crippen LogP contribution in [0.3, 0.4) is 0 Å². The van der Waals surface area contributed by atoms with Crippen molar-refractivity contribution in [3.63, 3.8) is 0 Å². The Labute approximate surface area is 104 Å². The van der Waals surface area contributed by atoms with Gasteiger partial charge in [0.15, 0.2) is 0 Å². The van der Waals surface area contributed by atoms with E-state index < -0.39 is 23.8 Å². The molecule has 0 fully saturated rings. The first-order valence-corrected chi connectivity index (χ1v) is 5.85. The molecule has 1 unspecified atom stereocenters. The quantitative estimate of drug-likeness (QED) is 0.821. The Morgan fingerprint density at radius 2 is 2.00 bits per heavy atom. The molecule has 0 amide bonds. The zero-order valence-electron chi connectivity index (χ0n) is 9.75. The first kappa shape index (κ1) is 14.4. The minimum atomic E-state index is -1.12. The van der Waals surface area contributed by atoms with Crippen LogP contribution in [0.25, 0.3) is 0 Å². The minimum Gasteiger partial charge on any atom is -0.391 e. The molecule has 1 aromatic carbocycles. The first-order chi connectivity index (χ1) is 7.90. The maximum atomic E-state index is 13.7. The van der Waals surface area contributed by atoms with Crippen LogP contribution in [0.4, 0.5) is 8.78 Å². The predicted molar refractivity (Wildman–Crippen MR) is 63.8 cm³/mol. The van der Waals surface area contributed by atoms with E-state index in [1.165, 1.54) is 0 Å². The number of halogens is 3. The van der Waals surface area contributed by atoms with Crippen molar-refractivity contribution >= 4 is 11.6 Å². The molecule has 0 bridgehead atoms. The summed E-state index contributed by atoms with van der Waals surface area (Å²) in [6.07, 6.45) is -0.346. The van der Waals surface area contributed by atoms with Crippen molar-refractivity contribution in [2.75, 3.05) is 0 Å². The minimum absolute atomic E-state index is 0.150. The molecular formula is C12H16ClF2NO. The average molecular weight is 264 g/mol. The molecule has 2 nitrogen and oxygen atoms in total. The number of aliphatic hydroxyl groups is 1. The zero-order chi connectivity index (χ0) is 13.2. The van der Waals surface area contributed by atoms with Gasteiger partial charge in [0.2, 0.25) is 0 Å². The lowest BCUT2D eigenvalue weighted by molar-refractivity contribution is 0.0854. The number of benzene rings is 1. The highest BCUT2D eigenvalue weighted by molar-refractivity contribution is 6.30. The van der Waals surface area contributed by atoms with Crippen molar-refractivity contribution < 1.29 is 13.9 Å². The molecule has 0 aliphatic rings. The third-order valence-corrected chi connectivity index (χ3v) is 3.30. The molecule has 3 atom stereocenters. The Bertz CT molecular complexity index is 400. The van der Waals surface area contributed by atoms with Crippen LogP contribution in [0, 0.1) is 17.6 Å². The summed E-state index contributed by atoms with van der Waals surface area (Å²) in [6.45, 7) is 3.64. The van der Waals surface area contributed by atoms with Crippen LogP contribution in [0.2, 0.25) is 5.02 Å². The van der Waals surface area contributed by atoms with Gasteiger partial charge < -0.3 is 10.8 Å². The Balaban J connectivity index is 3.11. The van der Waals surface area contributed by atoms with Crippen molar-refractivity contribution in [3.8, 4) is 0 Å². The van der Waals surface area contributed by atoms with Crippen LogP contribution in [-0.4, -0.2) is 11.2 Å². The highest BCUT2D eigenvalue weighted by Crippen LogP contribution is 2.29. The van der Waals surface area contributed by atoms with E-state index in [1.54, 1.807) is 6.92 Å². The first-order valence-electron chi connectivity index (χ1n) is 5.47. The normalized spacial score (nSPS) is 16.6. The molecule has 0 saturated carbocycles. The van der Waals surface area contributed by atoms with Crippen LogP contribution in [0.15, 0.2) is 12.1 Å². The zero-order valence-corrected chi connectivity index (χ0v) is 10.5. The van der Waals surface area contributed by atoms with Crippen LogP contribution in [0.1, 0.15) is 31.9 Å². The summed E-state index contributed by atoms with van der Waals surface area (Å²) >= 11 is 5.57. The standard InChI is InChI=1S/C12H16ClF2NO/c1-3-6(2)12(17)11(16)9-8(14)5-4-7(13)10(9)15/h4-6,11-12,17H,3,16H2,1-2H3/t6?,11-,12+/m1/s1. The van der Waals surface area contributed by atoms with Crippen LogP contribution in [0.5, 0.6) is 0 Å². The monoisotopic (exact) mass is 263 g/mol. The van der Waals surface area contributed by atoms with E-state index in [9.17, 15) is 13.9 Å². The largest absolute Gasteiger partial charge is 0.391 e.